The summed E-state index contributed by atoms with van der Waals surface area (Å²) >= 11 is 0. The van der Waals surface area contributed by atoms with E-state index < -0.39 is 0 Å². The van der Waals surface area contributed by atoms with E-state index in [1.165, 1.54) is 5.56 Å². The number of nitrogens with one attached hydrogen (secondary N) is 1. The average Bonchev–Trinajstić information content (AvgIpc) is 2.80. The van der Waals surface area contributed by atoms with Gasteiger partial charge >= 0.3 is 0 Å². The van der Waals surface area contributed by atoms with Crippen LogP contribution >= 0.6 is 0 Å². The molecule has 1 aromatic heterocycles. The minimum atomic E-state index is 0.195. The molecule has 0 saturated heterocycles. The van der Waals surface area contributed by atoms with Crippen molar-refractivity contribution in [3.05, 3.63) is 41.7 Å². The Morgan fingerprint density at radius 2 is 1.80 bits per heavy atom. The lowest BCUT2D eigenvalue weighted by Gasteiger charge is -2.18. The van der Waals surface area contributed by atoms with Crippen LogP contribution in [-0.2, 0) is 0 Å². The highest BCUT2D eigenvalue weighted by atomic mass is 16.5. The Labute approximate surface area is 120 Å². The molecule has 4 nitrogen and oxygen atoms in total. The number of imidazole rings is 1. The van der Waals surface area contributed by atoms with Gasteiger partial charge in [-0.3, -0.25) is 0 Å². The van der Waals surface area contributed by atoms with Gasteiger partial charge in [-0.1, -0.05) is 12.1 Å². The molecule has 0 aliphatic rings. The van der Waals surface area contributed by atoms with Crippen LogP contribution in [0.3, 0.4) is 0 Å². The Kier molecular flexibility index (Phi) is 4.32. The van der Waals surface area contributed by atoms with Gasteiger partial charge < -0.3 is 14.6 Å². The normalized spacial score (nSPS) is 12.5. The van der Waals surface area contributed by atoms with Gasteiger partial charge in [-0.15, -0.1) is 0 Å². The van der Waals surface area contributed by atoms with Crippen molar-refractivity contribution in [2.24, 2.45) is 0 Å². The SMILES string of the molecule is COc1ccc(C(C)Nc2nc(C)cn2C(C)C)cc1. The molecule has 0 bridgehead atoms. The largest absolute Gasteiger partial charge is 0.497 e. The van der Waals surface area contributed by atoms with E-state index in [1.807, 2.05) is 19.1 Å². The van der Waals surface area contributed by atoms with Crippen LogP contribution in [0.1, 0.15) is 44.1 Å². The van der Waals surface area contributed by atoms with Crippen molar-refractivity contribution >= 4 is 5.95 Å². The molecule has 0 saturated carbocycles. The number of aryl methyl sites for hydroxylation is 1. The van der Waals surface area contributed by atoms with E-state index in [9.17, 15) is 0 Å². The van der Waals surface area contributed by atoms with Crippen molar-refractivity contribution < 1.29 is 4.74 Å². The first-order chi connectivity index (χ1) is 9.51. The third kappa shape index (κ3) is 3.13. The molecule has 108 valence electrons. The molecule has 1 aromatic carbocycles. The van der Waals surface area contributed by atoms with Gasteiger partial charge in [-0.2, -0.15) is 0 Å². The molecule has 2 rings (SSSR count). The first-order valence-corrected chi connectivity index (χ1v) is 6.97. The van der Waals surface area contributed by atoms with Gasteiger partial charge in [-0.05, 0) is 45.4 Å². The number of ether oxygens (including phenoxy) is 1. The molecule has 0 amide bonds. The van der Waals surface area contributed by atoms with Crippen molar-refractivity contribution in [1.29, 1.82) is 0 Å². The van der Waals surface area contributed by atoms with Crippen molar-refractivity contribution in [3.8, 4) is 5.75 Å². The first-order valence-electron chi connectivity index (χ1n) is 6.97. The van der Waals surface area contributed by atoms with Crippen LogP contribution in [0.15, 0.2) is 30.5 Å². The second-order valence-electron chi connectivity index (χ2n) is 5.35. The zero-order valence-electron chi connectivity index (χ0n) is 12.8. The minimum absolute atomic E-state index is 0.195. The quantitative estimate of drug-likeness (QED) is 0.896. The van der Waals surface area contributed by atoms with Crippen LogP contribution in [0.25, 0.3) is 0 Å². The zero-order chi connectivity index (χ0) is 14.7. The van der Waals surface area contributed by atoms with Crippen LogP contribution in [0.2, 0.25) is 0 Å². The van der Waals surface area contributed by atoms with E-state index in [-0.39, 0.29) is 6.04 Å². The summed E-state index contributed by atoms with van der Waals surface area (Å²) in [7, 11) is 1.68. The summed E-state index contributed by atoms with van der Waals surface area (Å²) in [6.07, 6.45) is 2.08. The van der Waals surface area contributed by atoms with Gasteiger partial charge in [0.1, 0.15) is 5.75 Å². The molecule has 1 unspecified atom stereocenters. The summed E-state index contributed by atoms with van der Waals surface area (Å²) in [6.45, 7) is 8.47. The lowest BCUT2D eigenvalue weighted by atomic mass is 10.1. The number of aromatic nitrogens is 2. The molecule has 0 fully saturated rings. The predicted molar refractivity (Wildman–Crippen MR) is 82.4 cm³/mol. The maximum absolute atomic E-state index is 5.18. The molecule has 0 aliphatic carbocycles. The fourth-order valence-corrected chi connectivity index (χ4v) is 2.19. The van der Waals surface area contributed by atoms with Crippen molar-refractivity contribution in [2.45, 2.75) is 39.8 Å². The topological polar surface area (TPSA) is 39.1 Å². The molecular formula is C16H23N3O. The smallest absolute Gasteiger partial charge is 0.203 e. The molecule has 0 spiro atoms. The summed E-state index contributed by atoms with van der Waals surface area (Å²) in [4.78, 5) is 4.56. The highest BCUT2D eigenvalue weighted by Crippen LogP contribution is 2.23. The lowest BCUT2D eigenvalue weighted by molar-refractivity contribution is 0.414. The molecule has 2 aromatic rings. The lowest BCUT2D eigenvalue weighted by Crippen LogP contribution is -2.12. The van der Waals surface area contributed by atoms with Crippen molar-refractivity contribution in [1.82, 2.24) is 9.55 Å². The number of anilines is 1. The second-order valence-corrected chi connectivity index (χ2v) is 5.35. The predicted octanol–water partition coefficient (Wildman–Crippen LogP) is 3.95. The van der Waals surface area contributed by atoms with E-state index in [1.54, 1.807) is 7.11 Å². The number of rotatable bonds is 5. The van der Waals surface area contributed by atoms with Crippen molar-refractivity contribution in [3.63, 3.8) is 0 Å². The summed E-state index contributed by atoms with van der Waals surface area (Å²) in [5.74, 6) is 1.79. The first kappa shape index (κ1) is 14.4. The van der Waals surface area contributed by atoms with E-state index in [0.717, 1.165) is 17.4 Å². The van der Waals surface area contributed by atoms with Gasteiger partial charge in [0.25, 0.3) is 0 Å². The highest BCUT2D eigenvalue weighted by molar-refractivity contribution is 5.36. The number of methoxy groups -OCH3 is 1. The average molecular weight is 273 g/mol. The Bertz CT molecular complexity index is 558. The Hall–Kier alpha value is -1.97. The number of hydrogen-bond donors (Lipinski definition) is 1. The number of hydrogen-bond acceptors (Lipinski definition) is 3. The maximum atomic E-state index is 5.18. The molecule has 20 heavy (non-hydrogen) atoms. The number of nitrogens with zero attached hydrogens (tertiary/aromatic N) is 2. The Morgan fingerprint density at radius 3 is 2.35 bits per heavy atom. The molecule has 1 atom stereocenters. The van der Waals surface area contributed by atoms with E-state index >= 15 is 0 Å². The van der Waals surface area contributed by atoms with Gasteiger partial charge in [0.15, 0.2) is 0 Å². The van der Waals surface area contributed by atoms with Crippen LogP contribution in [-0.4, -0.2) is 16.7 Å². The third-order valence-corrected chi connectivity index (χ3v) is 3.37. The summed E-state index contributed by atoms with van der Waals surface area (Å²) in [6, 6.07) is 8.70. The second kappa shape index (κ2) is 5.99. The van der Waals surface area contributed by atoms with Crippen LogP contribution in [0, 0.1) is 6.92 Å². The molecule has 1 heterocycles. The Morgan fingerprint density at radius 1 is 1.15 bits per heavy atom. The van der Waals surface area contributed by atoms with Crippen LogP contribution < -0.4 is 10.1 Å². The highest BCUT2D eigenvalue weighted by Gasteiger charge is 2.12. The van der Waals surface area contributed by atoms with Gasteiger partial charge in [0.05, 0.1) is 18.8 Å². The van der Waals surface area contributed by atoms with E-state index in [4.69, 9.17) is 4.74 Å². The Balaban J connectivity index is 2.16. The molecular weight excluding hydrogens is 250 g/mol. The van der Waals surface area contributed by atoms with E-state index in [0.29, 0.717) is 6.04 Å². The van der Waals surface area contributed by atoms with Gasteiger partial charge in [0, 0.05) is 12.2 Å². The standard InChI is InChI=1S/C16H23N3O/c1-11(2)19-10-12(3)17-16(19)18-13(4)14-6-8-15(20-5)9-7-14/h6-11,13H,1-5H3,(H,17,18). The van der Waals surface area contributed by atoms with Gasteiger partial charge in [-0.25, -0.2) is 4.98 Å². The molecule has 0 aliphatic heterocycles. The van der Waals surface area contributed by atoms with Crippen LogP contribution in [0.4, 0.5) is 5.95 Å². The third-order valence-electron chi connectivity index (χ3n) is 3.37. The summed E-state index contributed by atoms with van der Waals surface area (Å²) in [5.41, 5.74) is 2.24. The summed E-state index contributed by atoms with van der Waals surface area (Å²) < 4.78 is 7.35. The van der Waals surface area contributed by atoms with E-state index in [2.05, 4.69) is 54.0 Å². The number of benzene rings is 1. The molecule has 0 radical (unpaired) electrons. The fourth-order valence-electron chi connectivity index (χ4n) is 2.19. The fraction of sp³-hybridized carbons (Fsp3) is 0.438. The van der Waals surface area contributed by atoms with Crippen LogP contribution in [0.5, 0.6) is 5.75 Å². The van der Waals surface area contributed by atoms with Gasteiger partial charge in [0.2, 0.25) is 5.95 Å². The molecule has 1 N–H and O–H groups in total. The zero-order valence-corrected chi connectivity index (χ0v) is 12.8. The maximum Gasteiger partial charge on any atom is 0.203 e. The van der Waals surface area contributed by atoms with Crippen molar-refractivity contribution in [2.75, 3.05) is 12.4 Å². The monoisotopic (exact) mass is 273 g/mol. The molecule has 4 heteroatoms. The summed E-state index contributed by atoms with van der Waals surface area (Å²) in [5, 5.41) is 3.48. The minimum Gasteiger partial charge on any atom is -0.497 e.